The van der Waals surface area contributed by atoms with Gasteiger partial charge in [0.25, 0.3) is 0 Å². The Hall–Kier alpha value is -1.10. The van der Waals surface area contributed by atoms with Crippen molar-refractivity contribution in [1.29, 1.82) is 0 Å². The maximum absolute atomic E-state index is 13.9. The zero-order valence-electron chi connectivity index (χ0n) is 7.74. The van der Waals surface area contributed by atoms with Crippen molar-refractivity contribution in [3.05, 3.63) is 35.1 Å². The highest BCUT2D eigenvalue weighted by molar-refractivity contribution is 5.29. The number of hydrogen-bond acceptors (Lipinski definition) is 1. The maximum Gasteiger partial charge on any atom is 0.194 e. The van der Waals surface area contributed by atoms with Gasteiger partial charge in [0.15, 0.2) is 17.5 Å². The minimum Gasteiger partial charge on any atom is -0.327 e. The first-order valence-corrected chi connectivity index (χ1v) is 4.52. The van der Waals surface area contributed by atoms with E-state index in [9.17, 15) is 17.6 Å². The van der Waals surface area contributed by atoms with E-state index >= 15 is 0 Å². The number of nitrogens with two attached hydrogens (primary N) is 1. The molecule has 2 N–H and O–H groups in total. The van der Waals surface area contributed by atoms with Crippen LogP contribution in [0.15, 0.2) is 12.1 Å². The van der Waals surface area contributed by atoms with Gasteiger partial charge in [0.2, 0.25) is 0 Å². The van der Waals surface area contributed by atoms with Crippen LogP contribution in [-0.2, 0) is 5.67 Å². The summed E-state index contributed by atoms with van der Waals surface area (Å²) in [5, 5.41) is 0. The average Bonchev–Trinajstić information content (AvgIpc) is 2.12. The number of alkyl halides is 1. The van der Waals surface area contributed by atoms with E-state index in [0.29, 0.717) is 0 Å². The molecule has 1 fully saturated rings. The molecule has 15 heavy (non-hydrogen) atoms. The lowest BCUT2D eigenvalue weighted by atomic mass is 9.73. The summed E-state index contributed by atoms with van der Waals surface area (Å²) in [5.74, 6) is -4.40. The summed E-state index contributed by atoms with van der Waals surface area (Å²) in [6, 6.07) is 1.31. The van der Waals surface area contributed by atoms with Gasteiger partial charge in [-0.1, -0.05) is 0 Å². The third-order valence-electron chi connectivity index (χ3n) is 2.69. The van der Waals surface area contributed by atoms with E-state index in [-0.39, 0.29) is 18.9 Å². The number of rotatable bonds is 1. The Labute approximate surface area is 83.9 Å². The van der Waals surface area contributed by atoms with Crippen LogP contribution < -0.4 is 5.73 Å². The molecule has 1 aliphatic rings. The lowest BCUT2D eigenvalue weighted by Crippen LogP contribution is -2.46. The Kier molecular flexibility index (Phi) is 2.22. The van der Waals surface area contributed by atoms with Crippen LogP contribution in [0.5, 0.6) is 0 Å². The van der Waals surface area contributed by atoms with Crippen molar-refractivity contribution in [2.75, 3.05) is 0 Å². The fourth-order valence-electron chi connectivity index (χ4n) is 1.86. The molecule has 0 saturated heterocycles. The van der Waals surface area contributed by atoms with Gasteiger partial charge >= 0.3 is 0 Å². The molecule has 0 unspecified atom stereocenters. The van der Waals surface area contributed by atoms with Crippen LogP contribution in [0.3, 0.4) is 0 Å². The van der Waals surface area contributed by atoms with Crippen molar-refractivity contribution >= 4 is 0 Å². The van der Waals surface area contributed by atoms with Crippen LogP contribution >= 0.6 is 0 Å². The van der Waals surface area contributed by atoms with Crippen LogP contribution in [0.25, 0.3) is 0 Å². The molecule has 0 atom stereocenters. The van der Waals surface area contributed by atoms with E-state index in [4.69, 9.17) is 5.73 Å². The van der Waals surface area contributed by atoms with Gasteiger partial charge in [-0.2, -0.15) is 0 Å². The molecule has 1 nitrogen and oxygen atoms in total. The Balaban J connectivity index is 2.42. The van der Waals surface area contributed by atoms with Crippen LogP contribution in [-0.4, -0.2) is 6.04 Å². The second-order valence-corrected chi connectivity index (χ2v) is 3.86. The van der Waals surface area contributed by atoms with Gasteiger partial charge in [-0.3, -0.25) is 0 Å². The van der Waals surface area contributed by atoms with Gasteiger partial charge in [-0.15, -0.1) is 0 Å². The Morgan fingerprint density at radius 2 is 1.73 bits per heavy atom. The van der Waals surface area contributed by atoms with E-state index in [1.54, 1.807) is 0 Å². The van der Waals surface area contributed by atoms with Gasteiger partial charge in [0.05, 0.1) is 0 Å². The summed E-state index contributed by atoms with van der Waals surface area (Å²) in [6.45, 7) is 0. The first kappa shape index (κ1) is 10.4. The molecule has 0 bridgehead atoms. The molecular formula is C10H9F4N. The molecule has 1 saturated carbocycles. The fourth-order valence-corrected chi connectivity index (χ4v) is 1.86. The predicted molar refractivity (Wildman–Crippen MR) is 46.3 cm³/mol. The lowest BCUT2D eigenvalue weighted by Gasteiger charge is -2.39. The van der Waals surface area contributed by atoms with E-state index in [0.717, 1.165) is 12.1 Å². The largest absolute Gasteiger partial charge is 0.327 e. The molecular weight excluding hydrogens is 210 g/mol. The van der Waals surface area contributed by atoms with Crippen molar-refractivity contribution in [2.24, 2.45) is 5.73 Å². The highest BCUT2D eigenvalue weighted by atomic mass is 19.2. The molecule has 0 aliphatic heterocycles. The summed E-state index contributed by atoms with van der Waals surface area (Å²) in [5.41, 5.74) is 2.99. The molecule has 0 aromatic heterocycles. The molecule has 0 radical (unpaired) electrons. The first-order chi connectivity index (χ1) is 6.94. The molecule has 2 rings (SSSR count). The van der Waals surface area contributed by atoms with Gasteiger partial charge in [-0.05, 0) is 12.1 Å². The van der Waals surface area contributed by atoms with E-state index in [1.165, 1.54) is 0 Å². The average molecular weight is 219 g/mol. The fraction of sp³-hybridized carbons (Fsp3) is 0.400. The van der Waals surface area contributed by atoms with Crippen LogP contribution in [0.2, 0.25) is 0 Å². The molecule has 1 aromatic carbocycles. The third kappa shape index (κ3) is 1.51. The highest BCUT2D eigenvalue weighted by Crippen LogP contribution is 2.45. The molecule has 0 spiro atoms. The Morgan fingerprint density at radius 1 is 1.13 bits per heavy atom. The normalized spacial score (nSPS) is 30.1. The highest BCUT2D eigenvalue weighted by Gasteiger charge is 2.46. The zero-order chi connectivity index (χ0) is 11.2. The van der Waals surface area contributed by atoms with Crippen molar-refractivity contribution in [2.45, 2.75) is 24.6 Å². The number of hydrogen-bond donors (Lipinski definition) is 1. The SMILES string of the molecule is NC1CC(F)(c2ccc(F)c(F)c2F)C1. The van der Waals surface area contributed by atoms with Crippen molar-refractivity contribution < 1.29 is 17.6 Å². The van der Waals surface area contributed by atoms with Crippen LogP contribution in [0.4, 0.5) is 17.6 Å². The van der Waals surface area contributed by atoms with Crippen molar-refractivity contribution in [1.82, 2.24) is 0 Å². The van der Waals surface area contributed by atoms with Gasteiger partial charge in [-0.25, -0.2) is 17.6 Å². The van der Waals surface area contributed by atoms with E-state index in [1.807, 2.05) is 0 Å². The Morgan fingerprint density at radius 3 is 2.27 bits per heavy atom. The topological polar surface area (TPSA) is 26.0 Å². The molecule has 0 heterocycles. The van der Waals surface area contributed by atoms with Gasteiger partial charge in [0.1, 0.15) is 5.67 Å². The number of benzene rings is 1. The monoisotopic (exact) mass is 219 g/mol. The molecule has 5 heteroatoms. The first-order valence-electron chi connectivity index (χ1n) is 4.52. The van der Waals surface area contributed by atoms with Gasteiger partial charge < -0.3 is 5.73 Å². The summed E-state index contributed by atoms with van der Waals surface area (Å²) in [7, 11) is 0. The van der Waals surface area contributed by atoms with Crippen molar-refractivity contribution in [3.8, 4) is 0 Å². The molecule has 1 aliphatic carbocycles. The standard InChI is InChI=1S/C10H9F4N/c11-7-2-1-6(8(12)9(7)13)10(14)3-5(15)4-10/h1-2,5H,3-4,15H2. The second kappa shape index (κ2) is 3.20. The minimum absolute atomic E-state index is 0.0605. The second-order valence-electron chi connectivity index (χ2n) is 3.86. The van der Waals surface area contributed by atoms with Crippen LogP contribution in [0, 0.1) is 17.5 Å². The molecule has 0 amide bonds. The third-order valence-corrected chi connectivity index (χ3v) is 2.69. The molecule has 1 aromatic rings. The zero-order valence-corrected chi connectivity index (χ0v) is 7.74. The predicted octanol–water partition coefficient (Wildman–Crippen LogP) is 2.39. The minimum atomic E-state index is -1.95. The smallest absolute Gasteiger partial charge is 0.194 e. The summed E-state index contributed by atoms with van der Waals surface area (Å²) in [6.07, 6.45) is -0.121. The summed E-state index contributed by atoms with van der Waals surface area (Å²) < 4.78 is 52.5. The van der Waals surface area contributed by atoms with Crippen LogP contribution in [0.1, 0.15) is 18.4 Å². The summed E-state index contributed by atoms with van der Waals surface area (Å²) in [4.78, 5) is 0. The van der Waals surface area contributed by atoms with E-state index < -0.39 is 28.7 Å². The van der Waals surface area contributed by atoms with Crippen molar-refractivity contribution in [3.63, 3.8) is 0 Å². The Bertz CT molecular complexity index is 399. The number of halogens is 4. The van der Waals surface area contributed by atoms with Gasteiger partial charge in [0, 0.05) is 24.4 Å². The lowest BCUT2D eigenvalue weighted by molar-refractivity contribution is 0.0359. The van der Waals surface area contributed by atoms with E-state index in [2.05, 4.69) is 0 Å². The summed E-state index contributed by atoms with van der Waals surface area (Å²) >= 11 is 0. The quantitative estimate of drug-likeness (QED) is 0.569. The maximum atomic E-state index is 13.9. The molecule has 82 valence electrons.